The summed E-state index contributed by atoms with van der Waals surface area (Å²) < 4.78 is 8.24. The highest BCUT2D eigenvalue weighted by atomic mass is 32.1. The minimum atomic E-state index is -0.445. The van der Waals surface area contributed by atoms with Crippen molar-refractivity contribution in [2.75, 3.05) is 6.54 Å². The second kappa shape index (κ2) is 6.49. The zero-order valence-electron chi connectivity index (χ0n) is 11.8. The number of aliphatic hydroxyl groups excluding tert-OH is 1. The summed E-state index contributed by atoms with van der Waals surface area (Å²) in [5.74, 6) is 0.157. The van der Waals surface area contributed by atoms with Crippen LogP contribution in [0.4, 0.5) is 0 Å². The van der Waals surface area contributed by atoms with Gasteiger partial charge in [0.2, 0.25) is 0 Å². The molecule has 2 aromatic rings. The third kappa shape index (κ3) is 3.39. The minimum absolute atomic E-state index is 0.167. The summed E-state index contributed by atoms with van der Waals surface area (Å²) >= 11 is 1.14. The second-order valence-corrected chi connectivity index (χ2v) is 6.17. The smallest absolute Gasteiger partial charge is 0.251 e. The van der Waals surface area contributed by atoms with Gasteiger partial charge in [-0.3, -0.25) is 4.79 Å². The van der Waals surface area contributed by atoms with Crippen molar-refractivity contribution in [3.8, 4) is 0 Å². The first-order chi connectivity index (χ1) is 10.2. The first-order valence-electron chi connectivity index (χ1n) is 7.42. The van der Waals surface area contributed by atoms with Crippen LogP contribution >= 0.6 is 11.7 Å². The van der Waals surface area contributed by atoms with E-state index >= 15 is 0 Å². The summed E-state index contributed by atoms with van der Waals surface area (Å²) in [6, 6.07) is 5.28. The molecular weight excluding hydrogens is 286 g/mol. The molecule has 0 radical (unpaired) electrons. The topological polar surface area (TPSA) is 75.1 Å². The predicted octanol–water partition coefficient (Wildman–Crippen LogP) is 2.36. The van der Waals surface area contributed by atoms with E-state index in [2.05, 4.69) is 14.1 Å². The molecule has 0 unspecified atom stereocenters. The van der Waals surface area contributed by atoms with E-state index in [1.54, 1.807) is 18.2 Å². The molecule has 21 heavy (non-hydrogen) atoms. The summed E-state index contributed by atoms with van der Waals surface area (Å²) in [4.78, 5) is 12.1. The Morgan fingerprint density at radius 1 is 1.29 bits per heavy atom. The lowest BCUT2D eigenvalue weighted by Crippen LogP contribution is -2.37. The zero-order valence-corrected chi connectivity index (χ0v) is 12.6. The zero-order chi connectivity index (χ0) is 14.7. The molecule has 0 saturated heterocycles. The maximum atomic E-state index is 12.1. The van der Waals surface area contributed by atoms with E-state index in [4.69, 9.17) is 0 Å². The van der Waals surface area contributed by atoms with E-state index in [0.717, 1.165) is 35.6 Å². The van der Waals surface area contributed by atoms with Gasteiger partial charge in [0.25, 0.3) is 5.91 Å². The molecule has 5 nitrogen and oxygen atoms in total. The Kier molecular flexibility index (Phi) is 4.45. The van der Waals surface area contributed by atoms with Crippen LogP contribution in [0.3, 0.4) is 0 Å². The van der Waals surface area contributed by atoms with Gasteiger partial charge in [0.1, 0.15) is 11.0 Å². The maximum Gasteiger partial charge on any atom is 0.251 e. The average molecular weight is 305 g/mol. The van der Waals surface area contributed by atoms with E-state index in [0.29, 0.717) is 18.0 Å². The molecule has 6 heteroatoms. The van der Waals surface area contributed by atoms with Gasteiger partial charge in [-0.2, -0.15) is 8.75 Å². The molecule has 0 spiro atoms. The molecule has 1 aromatic carbocycles. The normalized spacial score (nSPS) is 17.8. The fraction of sp³-hybridized carbons (Fsp3) is 0.533. The highest BCUT2D eigenvalue weighted by molar-refractivity contribution is 7.00. The van der Waals surface area contributed by atoms with Crippen molar-refractivity contribution in [2.24, 2.45) is 5.92 Å². The third-order valence-electron chi connectivity index (χ3n) is 4.18. The summed E-state index contributed by atoms with van der Waals surface area (Å²) in [7, 11) is 0. The number of aliphatic hydroxyl groups is 1. The molecule has 2 N–H and O–H groups in total. The van der Waals surface area contributed by atoms with E-state index in [-0.39, 0.29) is 5.91 Å². The maximum absolute atomic E-state index is 12.1. The number of carbonyl (C=O) groups is 1. The van der Waals surface area contributed by atoms with Crippen LogP contribution < -0.4 is 5.32 Å². The Morgan fingerprint density at radius 2 is 2.05 bits per heavy atom. The molecule has 3 rings (SSSR count). The number of rotatable bonds is 4. The molecule has 1 aromatic heterocycles. The van der Waals surface area contributed by atoms with Gasteiger partial charge in [0, 0.05) is 12.1 Å². The Bertz CT molecular complexity index is 622. The first kappa shape index (κ1) is 14.4. The number of fused-ring (bicyclic) bond motifs is 1. The first-order valence-corrected chi connectivity index (χ1v) is 8.15. The number of amides is 1. The largest absolute Gasteiger partial charge is 0.391 e. The number of nitrogens with zero attached hydrogens (tertiary/aromatic N) is 2. The summed E-state index contributed by atoms with van der Waals surface area (Å²) in [6.07, 6.45) is 5.31. The molecule has 112 valence electrons. The van der Waals surface area contributed by atoms with Gasteiger partial charge in [0.15, 0.2) is 0 Å². The molecule has 1 atom stereocenters. The van der Waals surface area contributed by atoms with Crippen molar-refractivity contribution >= 4 is 28.7 Å². The molecule has 0 bridgehead atoms. The number of carbonyl (C=O) groups excluding carboxylic acids is 1. The SMILES string of the molecule is O=C(NC[C@H](O)C1CCCCC1)c1ccc2nsnc2c1. The predicted molar refractivity (Wildman–Crippen MR) is 82.3 cm³/mol. The van der Waals surface area contributed by atoms with E-state index in [1.807, 2.05) is 0 Å². The van der Waals surface area contributed by atoms with Crippen LogP contribution in [0.15, 0.2) is 18.2 Å². The van der Waals surface area contributed by atoms with Crippen LogP contribution in [0.2, 0.25) is 0 Å². The molecule has 1 heterocycles. The highest BCUT2D eigenvalue weighted by Crippen LogP contribution is 2.26. The molecule has 1 aliphatic rings. The standard InChI is InChI=1S/C15H19N3O2S/c19-14(10-4-2-1-3-5-10)9-16-15(20)11-6-7-12-13(8-11)18-21-17-12/h6-8,10,14,19H,1-5,9H2,(H,16,20)/t14-/m0/s1. The molecule has 1 saturated carbocycles. The van der Waals surface area contributed by atoms with Crippen LogP contribution in [0, 0.1) is 5.92 Å². The van der Waals surface area contributed by atoms with Gasteiger partial charge in [-0.1, -0.05) is 19.3 Å². The van der Waals surface area contributed by atoms with Crippen molar-refractivity contribution in [3.05, 3.63) is 23.8 Å². The number of hydrogen-bond acceptors (Lipinski definition) is 5. The van der Waals surface area contributed by atoms with Crippen molar-refractivity contribution in [2.45, 2.75) is 38.2 Å². The van der Waals surface area contributed by atoms with Crippen molar-refractivity contribution < 1.29 is 9.90 Å². The summed E-state index contributed by atoms with van der Waals surface area (Å²) in [5, 5.41) is 13.0. The fourth-order valence-corrected chi connectivity index (χ4v) is 3.43. The number of nitrogens with one attached hydrogen (secondary N) is 1. The quantitative estimate of drug-likeness (QED) is 0.909. The third-order valence-corrected chi connectivity index (χ3v) is 4.74. The van der Waals surface area contributed by atoms with Gasteiger partial charge < -0.3 is 10.4 Å². The second-order valence-electron chi connectivity index (χ2n) is 5.64. The lowest BCUT2D eigenvalue weighted by atomic mass is 9.85. The number of aromatic nitrogens is 2. The van der Waals surface area contributed by atoms with Crippen molar-refractivity contribution in [1.29, 1.82) is 0 Å². The molecule has 1 amide bonds. The Hall–Kier alpha value is -1.53. The van der Waals surface area contributed by atoms with Gasteiger partial charge in [0.05, 0.1) is 17.8 Å². The van der Waals surface area contributed by atoms with Crippen LogP contribution in [-0.4, -0.2) is 32.4 Å². The Balaban J connectivity index is 1.57. The Labute approximate surface area is 127 Å². The van der Waals surface area contributed by atoms with Crippen LogP contribution in [0.5, 0.6) is 0 Å². The van der Waals surface area contributed by atoms with Crippen molar-refractivity contribution in [1.82, 2.24) is 14.1 Å². The number of benzene rings is 1. The van der Waals surface area contributed by atoms with Gasteiger partial charge in [-0.05, 0) is 37.0 Å². The van der Waals surface area contributed by atoms with Gasteiger partial charge in [-0.15, -0.1) is 0 Å². The Morgan fingerprint density at radius 3 is 2.86 bits per heavy atom. The van der Waals surface area contributed by atoms with Crippen LogP contribution in [-0.2, 0) is 0 Å². The summed E-state index contributed by atoms with van der Waals surface area (Å²) in [5.41, 5.74) is 2.10. The minimum Gasteiger partial charge on any atom is -0.391 e. The molecular formula is C15H19N3O2S. The average Bonchev–Trinajstić information content (AvgIpc) is 3.00. The number of hydrogen-bond donors (Lipinski definition) is 2. The molecule has 1 aliphatic carbocycles. The monoisotopic (exact) mass is 305 g/mol. The highest BCUT2D eigenvalue weighted by Gasteiger charge is 2.22. The lowest BCUT2D eigenvalue weighted by molar-refractivity contribution is 0.0738. The van der Waals surface area contributed by atoms with Crippen LogP contribution in [0.25, 0.3) is 11.0 Å². The van der Waals surface area contributed by atoms with E-state index in [9.17, 15) is 9.90 Å². The fourth-order valence-electron chi connectivity index (χ4n) is 2.91. The van der Waals surface area contributed by atoms with Gasteiger partial charge in [-0.25, -0.2) is 0 Å². The molecule has 0 aliphatic heterocycles. The molecule has 1 fully saturated rings. The summed E-state index contributed by atoms with van der Waals surface area (Å²) in [6.45, 7) is 0.316. The lowest BCUT2D eigenvalue weighted by Gasteiger charge is -2.26. The van der Waals surface area contributed by atoms with Gasteiger partial charge >= 0.3 is 0 Å². The van der Waals surface area contributed by atoms with E-state index < -0.39 is 6.10 Å². The van der Waals surface area contributed by atoms with Crippen molar-refractivity contribution in [3.63, 3.8) is 0 Å². The van der Waals surface area contributed by atoms with E-state index in [1.165, 1.54) is 19.3 Å². The van der Waals surface area contributed by atoms with Crippen LogP contribution in [0.1, 0.15) is 42.5 Å².